The third kappa shape index (κ3) is 1.94. The van der Waals surface area contributed by atoms with Crippen LogP contribution in [0, 0.1) is 11.3 Å². The zero-order valence-corrected chi connectivity index (χ0v) is 11.4. The third-order valence-corrected chi connectivity index (χ3v) is 4.76. The summed E-state index contributed by atoms with van der Waals surface area (Å²) in [5.74, 6) is 3.49. The Kier molecular flexibility index (Phi) is 2.61. The number of fused-ring (bicyclic) bond motifs is 3. The second-order valence-electron chi connectivity index (χ2n) is 6.92. The molecule has 0 saturated heterocycles. The molecule has 1 atom stereocenters. The Balaban J connectivity index is 1.93. The van der Waals surface area contributed by atoms with E-state index in [1.807, 2.05) is 0 Å². The van der Waals surface area contributed by atoms with Crippen LogP contribution in [0.1, 0.15) is 62.7 Å². The lowest BCUT2D eigenvalue weighted by Crippen LogP contribution is -2.26. The first-order valence-corrected chi connectivity index (χ1v) is 7.18. The van der Waals surface area contributed by atoms with Crippen LogP contribution in [-0.4, -0.2) is 0 Å². The van der Waals surface area contributed by atoms with Gasteiger partial charge in [0.15, 0.2) is 0 Å². The van der Waals surface area contributed by atoms with Crippen molar-refractivity contribution in [2.45, 2.75) is 65.7 Å². The molecule has 0 aliphatic heterocycles. The fourth-order valence-electron chi connectivity index (χ4n) is 3.52. The molecule has 1 aromatic heterocycles. The average Bonchev–Trinajstić information content (AvgIpc) is 2.65. The van der Waals surface area contributed by atoms with Gasteiger partial charge < -0.3 is 4.42 Å². The highest BCUT2D eigenvalue weighted by Gasteiger charge is 2.33. The lowest BCUT2D eigenvalue weighted by molar-refractivity contribution is 0.209. The predicted octanol–water partition coefficient (Wildman–Crippen LogP) is 4.31. The minimum Gasteiger partial charge on any atom is -0.466 e. The Bertz CT molecular complexity index is 419. The molecule has 0 spiro atoms. The maximum absolute atomic E-state index is 6.09. The molecule has 0 saturated carbocycles. The van der Waals surface area contributed by atoms with Gasteiger partial charge in [-0.2, -0.15) is 0 Å². The van der Waals surface area contributed by atoms with E-state index >= 15 is 0 Å². The molecular formula is C16H24O. The zero-order chi connectivity index (χ0) is 12.0. The van der Waals surface area contributed by atoms with Gasteiger partial charge in [-0.05, 0) is 54.6 Å². The number of furan rings is 1. The van der Waals surface area contributed by atoms with Crippen LogP contribution in [0.3, 0.4) is 0 Å². The summed E-state index contributed by atoms with van der Waals surface area (Å²) in [5.41, 5.74) is 3.64. The maximum Gasteiger partial charge on any atom is 0.107 e. The first-order valence-electron chi connectivity index (χ1n) is 7.18. The van der Waals surface area contributed by atoms with Crippen LogP contribution in [0.5, 0.6) is 0 Å². The summed E-state index contributed by atoms with van der Waals surface area (Å²) in [4.78, 5) is 0. The van der Waals surface area contributed by atoms with Gasteiger partial charge >= 0.3 is 0 Å². The standard InChI is InChI=1S/C16H24O/c1-16(2,3)11-8-9-15-13(10-11)12-6-4-5-7-14(12)17-15/h11H,4-10H2,1-3H3. The molecule has 1 aromatic rings. The van der Waals surface area contributed by atoms with Gasteiger partial charge in [0.2, 0.25) is 0 Å². The monoisotopic (exact) mass is 232 g/mol. The Morgan fingerprint density at radius 1 is 0.941 bits per heavy atom. The molecule has 3 rings (SSSR count). The van der Waals surface area contributed by atoms with Crippen LogP contribution in [0.15, 0.2) is 4.42 Å². The van der Waals surface area contributed by atoms with E-state index in [0.29, 0.717) is 5.41 Å². The number of rotatable bonds is 0. The lowest BCUT2D eigenvalue weighted by Gasteiger charge is -2.33. The summed E-state index contributed by atoms with van der Waals surface area (Å²) >= 11 is 0. The van der Waals surface area contributed by atoms with E-state index in [2.05, 4.69) is 20.8 Å². The predicted molar refractivity (Wildman–Crippen MR) is 70.3 cm³/mol. The fraction of sp³-hybridized carbons (Fsp3) is 0.750. The molecule has 0 N–H and O–H groups in total. The van der Waals surface area contributed by atoms with Gasteiger partial charge in [0.25, 0.3) is 0 Å². The van der Waals surface area contributed by atoms with Crippen molar-refractivity contribution in [2.75, 3.05) is 0 Å². The maximum atomic E-state index is 6.09. The third-order valence-electron chi connectivity index (χ3n) is 4.76. The topological polar surface area (TPSA) is 13.1 Å². The SMILES string of the molecule is CC(C)(C)C1CCc2oc3c(c2C1)CCCC3. The van der Waals surface area contributed by atoms with E-state index in [-0.39, 0.29) is 0 Å². The van der Waals surface area contributed by atoms with Crippen molar-refractivity contribution in [1.29, 1.82) is 0 Å². The fourth-order valence-corrected chi connectivity index (χ4v) is 3.52. The largest absolute Gasteiger partial charge is 0.466 e. The van der Waals surface area contributed by atoms with E-state index in [0.717, 1.165) is 5.92 Å². The van der Waals surface area contributed by atoms with Crippen LogP contribution in [-0.2, 0) is 25.7 Å². The smallest absolute Gasteiger partial charge is 0.107 e. The van der Waals surface area contributed by atoms with E-state index in [9.17, 15) is 0 Å². The summed E-state index contributed by atoms with van der Waals surface area (Å²) < 4.78 is 6.09. The number of aryl methyl sites for hydroxylation is 2. The van der Waals surface area contributed by atoms with Crippen LogP contribution >= 0.6 is 0 Å². The normalized spacial score (nSPS) is 24.3. The van der Waals surface area contributed by atoms with Gasteiger partial charge in [0.1, 0.15) is 11.5 Å². The second-order valence-corrected chi connectivity index (χ2v) is 6.92. The van der Waals surface area contributed by atoms with Crippen molar-refractivity contribution < 1.29 is 4.42 Å². The van der Waals surface area contributed by atoms with E-state index < -0.39 is 0 Å². The molecule has 2 aliphatic rings. The highest BCUT2D eigenvalue weighted by atomic mass is 16.3. The minimum absolute atomic E-state index is 0.441. The molecule has 2 aliphatic carbocycles. The summed E-state index contributed by atoms with van der Waals surface area (Å²) in [7, 11) is 0. The molecule has 1 unspecified atom stereocenters. The van der Waals surface area contributed by atoms with Crippen molar-refractivity contribution in [3.05, 3.63) is 22.6 Å². The van der Waals surface area contributed by atoms with Gasteiger partial charge in [0.05, 0.1) is 0 Å². The minimum atomic E-state index is 0.441. The van der Waals surface area contributed by atoms with Crippen LogP contribution in [0.2, 0.25) is 0 Å². The van der Waals surface area contributed by atoms with E-state index in [4.69, 9.17) is 4.42 Å². The average molecular weight is 232 g/mol. The molecule has 0 fully saturated rings. The quantitative estimate of drug-likeness (QED) is 0.649. The van der Waals surface area contributed by atoms with Crippen molar-refractivity contribution >= 4 is 0 Å². The molecule has 17 heavy (non-hydrogen) atoms. The molecular weight excluding hydrogens is 208 g/mol. The van der Waals surface area contributed by atoms with Crippen molar-refractivity contribution in [2.24, 2.45) is 11.3 Å². The first kappa shape index (κ1) is 11.4. The molecule has 0 radical (unpaired) electrons. The molecule has 0 aromatic carbocycles. The van der Waals surface area contributed by atoms with Crippen LogP contribution in [0.4, 0.5) is 0 Å². The van der Waals surface area contributed by atoms with Gasteiger partial charge in [0, 0.05) is 12.8 Å². The van der Waals surface area contributed by atoms with Crippen molar-refractivity contribution in [1.82, 2.24) is 0 Å². The van der Waals surface area contributed by atoms with Gasteiger partial charge in [-0.15, -0.1) is 0 Å². The Morgan fingerprint density at radius 3 is 2.41 bits per heavy atom. The Morgan fingerprint density at radius 2 is 1.65 bits per heavy atom. The summed E-state index contributed by atoms with van der Waals surface area (Å²) in [6.07, 6.45) is 8.87. The highest BCUT2D eigenvalue weighted by molar-refractivity contribution is 5.37. The van der Waals surface area contributed by atoms with E-state index in [1.165, 1.54) is 56.5 Å². The molecule has 1 heteroatoms. The highest BCUT2D eigenvalue weighted by Crippen LogP contribution is 2.41. The molecule has 1 nitrogen and oxygen atoms in total. The van der Waals surface area contributed by atoms with Gasteiger partial charge in [-0.1, -0.05) is 20.8 Å². The van der Waals surface area contributed by atoms with Crippen LogP contribution in [0.25, 0.3) is 0 Å². The van der Waals surface area contributed by atoms with Crippen molar-refractivity contribution in [3.8, 4) is 0 Å². The first-order chi connectivity index (χ1) is 8.05. The van der Waals surface area contributed by atoms with E-state index in [1.54, 1.807) is 11.1 Å². The van der Waals surface area contributed by atoms with Crippen molar-refractivity contribution in [3.63, 3.8) is 0 Å². The van der Waals surface area contributed by atoms with Crippen LogP contribution < -0.4 is 0 Å². The number of hydrogen-bond donors (Lipinski definition) is 0. The lowest BCUT2D eigenvalue weighted by atomic mass is 9.71. The molecule has 94 valence electrons. The summed E-state index contributed by atoms with van der Waals surface area (Å²) in [5, 5.41) is 0. The summed E-state index contributed by atoms with van der Waals surface area (Å²) in [6, 6.07) is 0. The summed E-state index contributed by atoms with van der Waals surface area (Å²) in [6.45, 7) is 7.15. The molecule has 0 amide bonds. The molecule has 1 heterocycles. The van der Waals surface area contributed by atoms with Gasteiger partial charge in [-0.25, -0.2) is 0 Å². The van der Waals surface area contributed by atoms with Gasteiger partial charge in [-0.3, -0.25) is 0 Å². The Labute approximate surface area is 105 Å². The number of hydrogen-bond acceptors (Lipinski definition) is 1. The molecule has 0 bridgehead atoms. The Hall–Kier alpha value is -0.720. The second kappa shape index (κ2) is 3.90. The zero-order valence-electron chi connectivity index (χ0n) is 11.4.